The van der Waals surface area contributed by atoms with Crippen LogP contribution < -0.4 is 5.69 Å². The van der Waals surface area contributed by atoms with E-state index in [0.29, 0.717) is 5.69 Å². The van der Waals surface area contributed by atoms with Gasteiger partial charge < -0.3 is 0 Å². The third kappa shape index (κ3) is 2.58. The number of nitrogens with zero attached hydrogens (tertiary/aromatic N) is 2. The zero-order valence-corrected chi connectivity index (χ0v) is 10.2. The predicted octanol–water partition coefficient (Wildman–Crippen LogP) is 2.13. The molecule has 0 saturated heterocycles. The average Bonchev–Trinajstić information content (AvgIpc) is 2.28. The molecular formula is C13H15N3O. The first kappa shape index (κ1) is 11.5. The van der Waals surface area contributed by atoms with E-state index < -0.39 is 5.69 Å². The molecule has 4 nitrogen and oxygen atoms in total. The van der Waals surface area contributed by atoms with Crippen LogP contribution in [0.4, 0.5) is 0 Å². The van der Waals surface area contributed by atoms with Gasteiger partial charge in [0, 0.05) is 5.56 Å². The van der Waals surface area contributed by atoms with Gasteiger partial charge in [0.25, 0.3) is 0 Å². The topological polar surface area (TPSA) is 58.6 Å². The van der Waals surface area contributed by atoms with Gasteiger partial charge in [0.2, 0.25) is 0 Å². The van der Waals surface area contributed by atoms with Gasteiger partial charge in [-0.2, -0.15) is 10.1 Å². The van der Waals surface area contributed by atoms with Gasteiger partial charge in [0.15, 0.2) is 0 Å². The van der Waals surface area contributed by atoms with Crippen LogP contribution in [-0.2, 0) is 5.41 Å². The summed E-state index contributed by atoms with van der Waals surface area (Å²) in [6, 6.07) is 8.03. The molecule has 1 aromatic heterocycles. The number of aromatic amines is 1. The standard InChI is InChI=1S/C13H15N3O/c1-13(2,3)10-6-4-9(5-7-10)11-8-14-16-12(17)15-11/h4-8H,1-3H3,(H,15,16,17). The molecule has 17 heavy (non-hydrogen) atoms. The molecule has 2 aromatic rings. The molecule has 4 heteroatoms. The molecule has 0 amide bonds. The number of rotatable bonds is 1. The van der Waals surface area contributed by atoms with Gasteiger partial charge in [-0.05, 0) is 11.0 Å². The molecule has 0 bridgehead atoms. The van der Waals surface area contributed by atoms with Crippen molar-refractivity contribution in [2.24, 2.45) is 0 Å². The fourth-order valence-electron chi connectivity index (χ4n) is 1.59. The molecule has 0 aliphatic carbocycles. The first-order valence-electron chi connectivity index (χ1n) is 5.49. The van der Waals surface area contributed by atoms with Gasteiger partial charge in [-0.1, -0.05) is 45.0 Å². The van der Waals surface area contributed by atoms with Crippen molar-refractivity contribution < 1.29 is 0 Å². The van der Waals surface area contributed by atoms with Crippen molar-refractivity contribution in [1.29, 1.82) is 0 Å². The van der Waals surface area contributed by atoms with E-state index in [0.717, 1.165) is 5.56 Å². The highest BCUT2D eigenvalue weighted by molar-refractivity contribution is 5.58. The van der Waals surface area contributed by atoms with Gasteiger partial charge in [-0.3, -0.25) is 0 Å². The minimum absolute atomic E-state index is 0.123. The summed E-state index contributed by atoms with van der Waals surface area (Å²) < 4.78 is 0. The number of aromatic nitrogens is 3. The molecule has 0 saturated carbocycles. The Labute approximate surface area is 99.7 Å². The van der Waals surface area contributed by atoms with E-state index in [2.05, 4.69) is 48.1 Å². The second-order valence-electron chi connectivity index (χ2n) is 5.00. The van der Waals surface area contributed by atoms with E-state index in [1.807, 2.05) is 12.1 Å². The monoisotopic (exact) mass is 229 g/mol. The number of H-pyrrole nitrogens is 1. The molecule has 88 valence electrons. The van der Waals surface area contributed by atoms with Gasteiger partial charge in [-0.15, -0.1) is 0 Å². The van der Waals surface area contributed by atoms with Crippen LogP contribution in [0.2, 0.25) is 0 Å². The second kappa shape index (κ2) is 4.13. The Balaban J connectivity index is 2.39. The maximum absolute atomic E-state index is 11.1. The lowest BCUT2D eigenvalue weighted by Gasteiger charge is -2.18. The molecule has 1 heterocycles. The maximum atomic E-state index is 11.1. The third-order valence-corrected chi connectivity index (χ3v) is 2.62. The minimum Gasteiger partial charge on any atom is -0.244 e. The first-order valence-corrected chi connectivity index (χ1v) is 5.49. The summed E-state index contributed by atoms with van der Waals surface area (Å²) in [5.74, 6) is 0. The van der Waals surface area contributed by atoms with E-state index in [1.165, 1.54) is 5.56 Å². The molecule has 0 unspecified atom stereocenters. The summed E-state index contributed by atoms with van der Waals surface area (Å²) >= 11 is 0. The molecule has 0 radical (unpaired) electrons. The largest absolute Gasteiger partial charge is 0.361 e. The van der Waals surface area contributed by atoms with Crippen LogP contribution in [0.1, 0.15) is 26.3 Å². The smallest absolute Gasteiger partial charge is 0.244 e. The Morgan fingerprint density at radius 2 is 1.76 bits per heavy atom. The summed E-state index contributed by atoms with van der Waals surface area (Å²) in [4.78, 5) is 14.9. The van der Waals surface area contributed by atoms with Gasteiger partial charge in [0.05, 0.1) is 11.9 Å². The number of benzene rings is 1. The van der Waals surface area contributed by atoms with Crippen LogP contribution in [0.25, 0.3) is 11.3 Å². The van der Waals surface area contributed by atoms with E-state index in [4.69, 9.17) is 0 Å². The lowest BCUT2D eigenvalue weighted by Crippen LogP contribution is -2.12. The Morgan fingerprint density at radius 3 is 2.29 bits per heavy atom. The van der Waals surface area contributed by atoms with Crippen LogP contribution in [-0.4, -0.2) is 15.2 Å². The quantitative estimate of drug-likeness (QED) is 0.815. The maximum Gasteiger partial charge on any atom is 0.361 e. The zero-order valence-electron chi connectivity index (χ0n) is 10.2. The number of hydrogen-bond donors (Lipinski definition) is 1. The number of nitrogens with one attached hydrogen (secondary N) is 1. The Hall–Kier alpha value is -1.97. The van der Waals surface area contributed by atoms with Crippen molar-refractivity contribution in [3.63, 3.8) is 0 Å². The SMILES string of the molecule is CC(C)(C)c1ccc(-c2cn[nH]c(=O)n2)cc1. The normalized spacial score (nSPS) is 11.5. The first-order chi connectivity index (χ1) is 7.97. The molecule has 1 N–H and O–H groups in total. The lowest BCUT2D eigenvalue weighted by molar-refractivity contribution is 0.590. The van der Waals surface area contributed by atoms with E-state index in [-0.39, 0.29) is 5.41 Å². The Kier molecular flexibility index (Phi) is 2.79. The van der Waals surface area contributed by atoms with Crippen LogP contribution >= 0.6 is 0 Å². The van der Waals surface area contributed by atoms with Crippen molar-refractivity contribution in [2.45, 2.75) is 26.2 Å². The van der Waals surface area contributed by atoms with Crippen molar-refractivity contribution in [3.05, 3.63) is 46.5 Å². The number of hydrogen-bond acceptors (Lipinski definition) is 3. The summed E-state index contributed by atoms with van der Waals surface area (Å²) in [5.41, 5.74) is 2.44. The zero-order chi connectivity index (χ0) is 12.5. The highest BCUT2D eigenvalue weighted by Crippen LogP contribution is 2.24. The van der Waals surface area contributed by atoms with Crippen molar-refractivity contribution in [3.8, 4) is 11.3 Å². The van der Waals surface area contributed by atoms with Crippen molar-refractivity contribution in [1.82, 2.24) is 15.2 Å². The van der Waals surface area contributed by atoms with Crippen LogP contribution in [0.15, 0.2) is 35.3 Å². The summed E-state index contributed by atoms with van der Waals surface area (Å²) in [6.45, 7) is 6.49. The molecule has 1 aromatic carbocycles. The fraction of sp³-hybridized carbons (Fsp3) is 0.308. The van der Waals surface area contributed by atoms with Crippen LogP contribution in [0, 0.1) is 0 Å². The van der Waals surface area contributed by atoms with Crippen molar-refractivity contribution in [2.75, 3.05) is 0 Å². The minimum atomic E-state index is -0.428. The fourth-order valence-corrected chi connectivity index (χ4v) is 1.59. The van der Waals surface area contributed by atoms with E-state index in [9.17, 15) is 4.79 Å². The van der Waals surface area contributed by atoms with Gasteiger partial charge in [-0.25, -0.2) is 9.89 Å². The van der Waals surface area contributed by atoms with E-state index >= 15 is 0 Å². The molecule has 2 rings (SSSR count). The molecule has 0 fully saturated rings. The third-order valence-electron chi connectivity index (χ3n) is 2.62. The molecule has 0 aliphatic rings. The average molecular weight is 229 g/mol. The Bertz CT molecular complexity index is 564. The molecule has 0 atom stereocenters. The molecular weight excluding hydrogens is 214 g/mol. The highest BCUT2D eigenvalue weighted by Gasteiger charge is 2.13. The van der Waals surface area contributed by atoms with Crippen LogP contribution in [0.5, 0.6) is 0 Å². The van der Waals surface area contributed by atoms with E-state index in [1.54, 1.807) is 6.20 Å². The lowest BCUT2D eigenvalue weighted by atomic mass is 9.86. The summed E-state index contributed by atoms with van der Waals surface area (Å²) in [5, 5.41) is 5.99. The van der Waals surface area contributed by atoms with Gasteiger partial charge >= 0.3 is 5.69 Å². The van der Waals surface area contributed by atoms with Crippen molar-refractivity contribution >= 4 is 0 Å². The molecule has 0 aliphatic heterocycles. The van der Waals surface area contributed by atoms with Crippen LogP contribution in [0.3, 0.4) is 0 Å². The molecule has 0 spiro atoms. The summed E-state index contributed by atoms with van der Waals surface area (Å²) in [7, 11) is 0. The van der Waals surface area contributed by atoms with Gasteiger partial charge in [0.1, 0.15) is 0 Å². The predicted molar refractivity (Wildman–Crippen MR) is 66.8 cm³/mol. The second-order valence-corrected chi connectivity index (χ2v) is 5.00. The highest BCUT2D eigenvalue weighted by atomic mass is 16.1. The Morgan fingerprint density at radius 1 is 1.12 bits per heavy atom. The summed E-state index contributed by atoms with van der Waals surface area (Å²) in [6.07, 6.45) is 1.55.